The third-order valence-electron chi connectivity index (χ3n) is 23.9. The number of rotatable bonds is 79. The van der Waals surface area contributed by atoms with E-state index in [1.54, 1.807) is 0 Å². The quantitative estimate of drug-likeness (QED) is 0.0117. The number of aliphatic hydroxyl groups excluding tert-OH is 9. The zero-order valence-electron chi connectivity index (χ0n) is 74.2. The summed E-state index contributed by atoms with van der Waals surface area (Å²) in [5.41, 5.74) is 0. The zero-order chi connectivity index (χ0) is 86.1. The van der Waals surface area contributed by atoms with Gasteiger partial charge < -0.3 is 88.7 Å². The highest BCUT2D eigenvalue weighted by Gasteiger charge is 2.60. The number of ether oxygens (including phenoxy) is 8. The van der Waals surface area contributed by atoms with Crippen LogP contribution >= 0.6 is 7.82 Å². The second-order valence-electron chi connectivity index (χ2n) is 34.6. The summed E-state index contributed by atoms with van der Waals surface area (Å²) in [7, 11) is -5.80. The van der Waals surface area contributed by atoms with Gasteiger partial charge in [0.25, 0.3) is 0 Å². The Morgan fingerprint density at radius 2 is 0.585 bits per heavy atom. The molecular weight excluding hydrogens is 1540 g/mol. The fourth-order valence-electron chi connectivity index (χ4n) is 16.2. The summed E-state index contributed by atoms with van der Waals surface area (Å²) >= 11 is 0. The van der Waals surface area contributed by atoms with Gasteiger partial charge in [-0.1, -0.05) is 381 Å². The predicted octanol–water partition coefficient (Wildman–Crippen LogP) is 18.2. The van der Waals surface area contributed by atoms with E-state index in [1.165, 1.54) is 218 Å². The van der Waals surface area contributed by atoms with Crippen molar-refractivity contribution in [2.24, 2.45) is 0 Å². The number of esters is 4. The highest BCUT2D eigenvalue weighted by molar-refractivity contribution is 7.47. The van der Waals surface area contributed by atoms with E-state index in [1.807, 2.05) is 0 Å². The molecular formula is C92H173O25P. The number of phosphoric ester groups is 1. The summed E-state index contributed by atoms with van der Waals surface area (Å²) in [5.74, 6) is -2.94. The van der Waals surface area contributed by atoms with Crippen LogP contribution in [0.1, 0.15) is 432 Å². The number of hydrogen-bond acceptors (Lipinski definition) is 24. The highest BCUT2D eigenvalue weighted by Crippen LogP contribution is 2.49. The molecule has 0 radical (unpaired) electrons. The monoisotopic (exact) mass is 1710 g/mol. The van der Waals surface area contributed by atoms with E-state index in [0.29, 0.717) is 32.1 Å². The van der Waals surface area contributed by atoms with E-state index in [2.05, 4.69) is 27.7 Å². The molecule has 18 unspecified atom stereocenters. The second-order valence-corrected chi connectivity index (χ2v) is 36.0. The van der Waals surface area contributed by atoms with E-state index in [0.717, 1.165) is 128 Å². The van der Waals surface area contributed by atoms with Crippen molar-refractivity contribution < 1.29 is 122 Å². The minimum atomic E-state index is -5.80. The van der Waals surface area contributed by atoms with Crippen molar-refractivity contribution in [2.45, 2.75) is 536 Å². The van der Waals surface area contributed by atoms with Gasteiger partial charge in [0, 0.05) is 25.7 Å². The summed E-state index contributed by atoms with van der Waals surface area (Å²) in [6.45, 7) is 5.65. The van der Waals surface area contributed by atoms with Crippen LogP contribution in [-0.2, 0) is 70.7 Å². The number of phosphoric acid groups is 1. The molecule has 0 bridgehead atoms. The lowest BCUT2D eigenvalue weighted by Crippen LogP contribution is -2.70. The first-order chi connectivity index (χ1) is 57.2. The Morgan fingerprint density at radius 3 is 0.924 bits per heavy atom. The van der Waals surface area contributed by atoms with Crippen LogP contribution < -0.4 is 0 Å². The van der Waals surface area contributed by atoms with Gasteiger partial charge in [0.2, 0.25) is 0 Å². The molecule has 3 rings (SSSR count). The van der Waals surface area contributed by atoms with Gasteiger partial charge in [-0.15, -0.1) is 0 Å². The standard InChI is InChI=1S/C92H173O25P/c1-5-9-13-17-21-25-29-33-36-39-41-45-49-53-57-61-65-76(95)109-71-74-80(99)82(101)86(105)92(113-74)116-89-87(114-78(97)67-63-59-55-51-47-43-38-35-31-27-23-19-15-11-7-3)83(102)84(103)88(115-91-85(104)81(100)79(98)73(68-93)112-91)90(89)117-118(106,107)110-70-72(69-108-75(94)64-60-56-52-48-44-40-32-28-24-20-16-12-8-4)111-77(96)66-62-58-54-50-46-42-37-34-30-26-22-18-14-10-6-2/h72-74,79-93,98-105H,5-71H2,1-4H3,(H,106,107). The maximum Gasteiger partial charge on any atom is 0.472 e. The van der Waals surface area contributed by atoms with Crippen molar-refractivity contribution in [2.75, 3.05) is 26.4 Å². The summed E-state index contributed by atoms with van der Waals surface area (Å²) in [4.78, 5) is 66.5. The van der Waals surface area contributed by atoms with Crippen LogP contribution in [0.4, 0.5) is 0 Å². The average molecular weight is 1710 g/mol. The maximum absolute atomic E-state index is 14.9. The first-order valence-electron chi connectivity index (χ1n) is 48.3. The minimum Gasteiger partial charge on any atom is -0.463 e. The Labute approximate surface area is 712 Å². The Hall–Kier alpha value is -2.53. The lowest BCUT2D eigenvalue weighted by atomic mass is 9.84. The fraction of sp³-hybridized carbons (Fsp3) is 0.957. The normalized spacial score (nSPS) is 24.9. The molecule has 0 aromatic rings. The Bertz CT molecular complexity index is 2450. The lowest BCUT2D eigenvalue weighted by molar-refractivity contribution is -0.360. The van der Waals surface area contributed by atoms with E-state index < -0.39 is 162 Å². The third kappa shape index (κ3) is 51.2. The summed E-state index contributed by atoms with van der Waals surface area (Å²) in [6.07, 6.45) is 29.3. The van der Waals surface area contributed by atoms with Crippen LogP contribution in [0.5, 0.6) is 0 Å². The van der Waals surface area contributed by atoms with Gasteiger partial charge in [-0.25, -0.2) is 4.57 Å². The number of unbranched alkanes of at least 4 members (excludes halogenated alkanes) is 55. The van der Waals surface area contributed by atoms with Gasteiger partial charge in [0.05, 0.1) is 13.2 Å². The number of hydrogen-bond donors (Lipinski definition) is 10. The van der Waals surface area contributed by atoms with Gasteiger partial charge in [-0.2, -0.15) is 0 Å². The van der Waals surface area contributed by atoms with Crippen molar-refractivity contribution in [1.29, 1.82) is 0 Å². The number of carbonyl (C=O) groups excluding carboxylic acids is 4. The van der Waals surface area contributed by atoms with Crippen molar-refractivity contribution in [1.82, 2.24) is 0 Å². The summed E-state index contributed by atoms with van der Waals surface area (Å²) < 4.78 is 73.5. The molecule has 18 atom stereocenters. The van der Waals surface area contributed by atoms with Crippen molar-refractivity contribution >= 4 is 31.7 Å². The predicted molar refractivity (Wildman–Crippen MR) is 458 cm³/mol. The topological polar surface area (TPSA) is 380 Å². The molecule has 0 aromatic carbocycles. The number of carbonyl (C=O) groups is 4. The van der Waals surface area contributed by atoms with Gasteiger partial charge in [-0.3, -0.25) is 28.2 Å². The van der Waals surface area contributed by atoms with E-state index in [-0.39, 0.29) is 25.7 Å². The molecule has 26 heteroatoms. The van der Waals surface area contributed by atoms with Crippen LogP contribution in [0.25, 0.3) is 0 Å². The average Bonchev–Trinajstić information content (AvgIpc) is 0.754. The van der Waals surface area contributed by atoms with Crippen LogP contribution in [0.2, 0.25) is 0 Å². The molecule has 0 aromatic heterocycles. The SMILES string of the molecule is CCCCCCCCCCCCCCCCCCC(=O)OCC1OC(OC2C(OC(=O)CCCCCCCCCCCCCCCCC)C(O)C(O)C(OC3OC(CO)C(O)C(O)C3O)C2OP(=O)(O)OCC(COC(=O)CCCCCCCCCCCCCCC)OC(=O)CCCCCCCCCCCCCCCCC)C(O)C(O)C1O. The summed E-state index contributed by atoms with van der Waals surface area (Å²) in [6, 6.07) is 0. The Kier molecular flexibility index (Phi) is 66.5. The van der Waals surface area contributed by atoms with Gasteiger partial charge in [0.1, 0.15) is 92.6 Å². The first kappa shape index (κ1) is 110. The molecule has 3 aliphatic rings. The molecule has 3 fully saturated rings. The second kappa shape index (κ2) is 71.6. The minimum absolute atomic E-state index is 0.0205. The van der Waals surface area contributed by atoms with Gasteiger partial charge in [0.15, 0.2) is 24.8 Å². The van der Waals surface area contributed by atoms with Crippen molar-refractivity contribution in [3.63, 3.8) is 0 Å². The molecule has 0 amide bonds. The highest BCUT2D eigenvalue weighted by atomic mass is 31.2. The van der Waals surface area contributed by atoms with Crippen molar-refractivity contribution in [3.05, 3.63) is 0 Å². The van der Waals surface area contributed by atoms with Gasteiger partial charge in [-0.05, 0) is 25.7 Å². The van der Waals surface area contributed by atoms with E-state index in [4.69, 9.17) is 46.9 Å². The van der Waals surface area contributed by atoms with Crippen molar-refractivity contribution in [3.8, 4) is 0 Å². The van der Waals surface area contributed by atoms with Gasteiger partial charge >= 0.3 is 31.7 Å². The molecule has 696 valence electrons. The van der Waals surface area contributed by atoms with Crippen LogP contribution in [0, 0.1) is 0 Å². The molecule has 10 N–H and O–H groups in total. The smallest absolute Gasteiger partial charge is 0.463 e. The molecule has 118 heavy (non-hydrogen) atoms. The molecule has 25 nitrogen and oxygen atoms in total. The van der Waals surface area contributed by atoms with Crippen LogP contribution in [0.3, 0.4) is 0 Å². The molecule has 0 spiro atoms. The molecule has 2 aliphatic heterocycles. The molecule has 1 saturated carbocycles. The third-order valence-corrected chi connectivity index (χ3v) is 24.8. The van der Waals surface area contributed by atoms with Crippen LogP contribution in [0.15, 0.2) is 0 Å². The van der Waals surface area contributed by atoms with E-state index >= 15 is 0 Å². The molecule has 1 aliphatic carbocycles. The number of aliphatic hydroxyl groups is 9. The summed E-state index contributed by atoms with van der Waals surface area (Å²) in [5, 5.41) is 102. The molecule has 2 saturated heterocycles. The van der Waals surface area contributed by atoms with E-state index in [9.17, 15) is 74.6 Å². The fourth-order valence-corrected chi connectivity index (χ4v) is 17.2. The molecule has 2 heterocycles. The maximum atomic E-state index is 14.9. The van der Waals surface area contributed by atoms with Crippen LogP contribution in [-0.4, -0.2) is 205 Å². The Morgan fingerprint density at radius 1 is 0.305 bits per heavy atom. The largest absolute Gasteiger partial charge is 0.472 e. The first-order valence-corrected chi connectivity index (χ1v) is 49.8. The Balaban J connectivity index is 1.90. The lowest BCUT2D eigenvalue weighted by Gasteiger charge is -2.50. The zero-order valence-corrected chi connectivity index (χ0v) is 75.1.